The number of aliphatic hydroxyl groups excluding tert-OH is 1. The molecule has 2 aromatic rings. The maximum absolute atomic E-state index is 14.7. The average molecular weight is 590 g/mol. The van der Waals surface area contributed by atoms with Crippen LogP contribution in [0.2, 0.25) is 0 Å². The lowest BCUT2D eigenvalue weighted by molar-refractivity contribution is -0.207. The van der Waals surface area contributed by atoms with Gasteiger partial charge in [-0.1, -0.05) is 56.1 Å². The first-order chi connectivity index (χ1) is 20.2. The Hall–Kier alpha value is -2.46. The molecular weight excluding hydrogens is 550 g/mol. The van der Waals surface area contributed by atoms with E-state index >= 15 is 0 Å². The first-order valence-electron chi connectivity index (χ1n) is 15.7. The van der Waals surface area contributed by atoms with Crippen LogP contribution < -0.4 is 5.32 Å². The molecule has 0 spiro atoms. The number of hydrogen-bond acceptors (Lipinski definition) is 8. The summed E-state index contributed by atoms with van der Waals surface area (Å²) in [5, 5.41) is 15.7. The smallest absolute Gasteiger partial charge is 0.261 e. The molecule has 0 aromatic carbocycles. The van der Waals surface area contributed by atoms with E-state index < -0.39 is 29.5 Å². The number of hydrogen-bond donors (Lipinski definition) is 2. The van der Waals surface area contributed by atoms with Gasteiger partial charge in [0.1, 0.15) is 10.3 Å². The molecule has 5 unspecified atom stereocenters. The Labute approximate surface area is 250 Å². The Kier molecular flexibility index (Phi) is 6.14. The molecule has 1 aliphatic heterocycles. The number of thiazole rings is 1. The number of carbonyl (C=O) groups is 2. The number of fused-ring (bicyclic) bond motifs is 8. The van der Waals surface area contributed by atoms with E-state index in [0.29, 0.717) is 11.6 Å². The summed E-state index contributed by atoms with van der Waals surface area (Å²) in [6, 6.07) is 3.74. The highest BCUT2D eigenvalue weighted by atomic mass is 32.1. The molecule has 9 heteroatoms. The van der Waals surface area contributed by atoms with Gasteiger partial charge in [0.2, 0.25) is 0 Å². The molecule has 5 aliphatic carbocycles. The van der Waals surface area contributed by atoms with Crippen molar-refractivity contribution in [2.75, 3.05) is 5.32 Å². The molecule has 3 heterocycles. The van der Waals surface area contributed by atoms with E-state index in [9.17, 15) is 14.7 Å². The van der Waals surface area contributed by atoms with Gasteiger partial charge in [0.05, 0.1) is 12.2 Å². The minimum Gasteiger partial charge on any atom is -0.393 e. The number of ether oxygens (including phenoxy) is 2. The Morgan fingerprint density at radius 2 is 2.02 bits per heavy atom. The van der Waals surface area contributed by atoms with Gasteiger partial charge in [0, 0.05) is 28.9 Å². The van der Waals surface area contributed by atoms with Gasteiger partial charge in [-0.25, -0.2) is 9.97 Å². The Morgan fingerprint density at radius 3 is 2.83 bits per heavy atom. The highest BCUT2D eigenvalue weighted by Gasteiger charge is 2.76. The number of aliphatic hydroxyl groups is 1. The maximum atomic E-state index is 14.7. The van der Waals surface area contributed by atoms with Gasteiger partial charge in [0.25, 0.3) is 5.91 Å². The van der Waals surface area contributed by atoms with E-state index in [4.69, 9.17) is 9.47 Å². The summed E-state index contributed by atoms with van der Waals surface area (Å²) in [5.41, 5.74) is -0.358. The fourth-order valence-corrected chi connectivity index (χ4v) is 10.9. The van der Waals surface area contributed by atoms with Crippen molar-refractivity contribution >= 4 is 38.5 Å². The zero-order valence-corrected chi connectivity index (χ0v) is 25.1. The molecule has 9 atom stereocenters. The standard InChI is InChI=1S/C33H39N3O5S/c1-31-13-12-20(37)15-19(31)10-11-21-22-16-25-33(32(22,2)17-24(38)26(21)31,41-28(40-25)18-7-4-3-5-8-18)29(39)36-30-35-23-9-6-14-34-27(23)42-30/h6,9,12-15,18,21-22,24-26,28,38H,3-5,7-8,10-11,16-17H2,1-2H3,(H,35,36,39)/t21?,22?,24-,25+,26?,28+,31?,32?,33-/m0/s1. The summed E-state index contributed by atoms with van der Waals surface area (Å²) >= 11 is 1.36. The molecule has 1 saturated heterocycles. The fraction of sp³-hybridized carbons (Fsp3) is 0.636. The molecule has 4 saturated carbocycles. The number of allylic oxidation sites excluding steroid dienone is 4. The minimum atomic E-state index is -1.23. The summed E-state index contributed by atoms with van der Waals surface area (Å²) in [4.78, 5) is 36.7. The van der Waals surface area contributed by atoms with Crippen LogP contribution >= 0.6 is 11.3 Å². The molecule has 2 N–H and O–H groups in total. The van der Waals surface area contributed by atoms with Crippen LogP contribution in [0.5, 0.6) is 0 Å². The van der Waals surface area contributed by atoms with Crippen LogP contribution in [0.1, 0.15) is 71.6 Å². The van der Waals surface area contributed by atoms with Crippen LogP contribution in [-0.2, 0) is 19.1 Å². The Balaban J connectivity index is 1.18. The third kappa shape index (κ3) is 3.69. The Bertz CT molecular complexity index is 1480. The first kappa shape index (κ1) is 27.1. The molecule has 5 fully saturated rings. The first-order valence-corrected chi connectivity index (χ1v) is 16.5. The second kappa shape index (κ2) is 9.52. The molecule has 2 aromatic heterocycles. The van der Waals surface area contributed by atoms with Crippen molar-refractivity contribution in [1.82, 2.24) is 9.97 Å². The van der Waals surface area contributed by atoms with Crippen LogP contribution in [0.15, 0.2) is 42.1 Å². The third-order valence-electron chi connectivity index (χ3n) is 12.0. The molecule has 42 heavy (non-hydrogen) atoms. The van der Waals surface area contributed by atoms with Crippen molar-refractivity contribution in [3.8, 4) is 0 Å². The van der Waals surface area contributed by atoms with Crippen molar-refractivity contribution < 1.29 is 24.2 Å². The van der Waals surface area contributed by atoms with Crippen LogP contribution in [0.3, 0.4) is 0 Å². The van der Waals surface area contributed by atoms with Crippen molar-refractivity contribution in [2.45, 2.75) is 95.7 Å². The number of pyridine rings is 1. The number of nitrogens with one attached hydrogen (secondary N) is 1. The molecule has 8 nitrogen and oxygen atoms in total. The SMILES string of the molecule is CC12C=CC(=O)C=C1CCC1C2[C@@H](O)CC2(C)C1C[C@H]1O[C@@H](C3CCCCC3)O[C@]12C(=O)Nc1nc2cccnc2s1. The molecule has 6 aliphatic rings. The van der Waals surface area contributed by atoms with Gasteiger partial charge in [-0.15, -0.1) is 0 Å². The lowest BCUT2D eigenvalue weighted by Gasteiger charge is -2.59. The highest BCUT2D eigenvalue weighted by Crippen LogP contribution is 2.70. The van der Waals surface area contributed by atoms with Crippen LogP contribution in [0, 0.1) is 34.5 Å². The number of carbonyl (C=O) groups excluding carboxylic acids is 2. The van der Waals surface area contributed by atoms with Gasteiger partial charge in [-0.05, 0) is 74.6 Å². The van der Waals surface area contributed by atoms with Crippen LogP contribution in [-0.4, -0.2) is 50.9 Å². The second-order valence-electron chi connectivity index (χ2n) is 14.0. The van der Waals surface area contributed by atoms with Crippen LogP contribution in [0.4, 0.5) is 5.13 Å². The summed E-state index contributed by atoms with van der Waals surface area (Å²) in [6.45, 7) is 4.34. The van der Waals surface area contributed by atoms with Gasteiger partial charge in [0.15, 0.2) is 22.8 Å². The van der Waals surface area contributed by atoms with Gasteiger partial charge in [-0.2, -0.15) is 0 Å². The van der Waals surface area contributed by atoms with E-state index in [1.54, 1.807) is 18.3 Å². The summed E-state index contributed by atoms with van der Waals surface area (Å²) in [5.74, 6) is 0.379. The number of amides is 1. The van der Waals surface area contributed by atoms with Crippen molar-refractivity contribution in [1.29, 1.82) is 0 Å². The molecular formula is C33H39N3O5S. The topological polar surface area (TPSA) is 111 Å². The van der Waals surface area contributed by atoms with Crippen molar-refractivity contribution in [2.24, 2.45) is 34.5 Å². The van der Waals surface area contributed by atoms with E-state index in [-0.39, 0.29) is 40.8 Å². The number of aromatic nitrogens is 2. The average Bonchev–Trinajstić information content (AvgIpc) is 3.63. The molecule has 0 radical (unpaired) electrons. The number of ketones is 1. The largest absolute Gasteiger partial charge is 0.393 e. The lowest BCUT2D eigenvalue weighted by Crippen LogP contribution is -2.64. The normalized spacial score (nSPS) is 42.9. The third-order valence-corrected chi connectivity index (χ3v) is 12.9. The number of nitrogens with zero attached hydrogens (tertiary/aromatic N) is 2. The van der Waals surface area contributed by atoms with Gasteiger partial charge in [-0.3, -0.25) is 14.9 Å². The molecule has 1 amide bonds. The zero-order chi connectivity index (χ0) is 28.9. The lowest BCUT2D eigenvalue weighted by atomic mass is 9.46. The summed E-state index contributed by atoms with van der Waals surface area (Å²) < 4.78 is 13.8. The van der Waals surface area contributed by atoms with E-state index in [2.05, 4.69) is 29.1 Å². The molecule has 0 bridgehead atoms. The minimum absolute atomic E-state index is 0.0247. The predicted octanol–water partition coefficient (Wildman–Crippen LogP) is 5.58. The molecule has 8 rings (SSSR count). The summed E-state index contributed by atoms with van der Waals surface area (Å²) in [6.07, 6.45) is 14.2. The monoisotopic (exact) mass is 589 g/mol. The van der Waals surface area contributed by atoms with Crippen molar-refractivity contribution in [3.63, 3.8) is 0 Å². The maximum Gasteiger partial charge on any atom is 0.261 e. The molecule has 222 valence electrons. The zero-order valence-electron chi connectivity index (χ0n) is 24.3. The second-order valence-corrected chi connectivity index (χ2v) is 15.0. The summed E-state index contributed by atoms with van der Waals surface area (Å²) in [7, 11) is 0. The van der Waals surface area contributed by atoms with Crippen molar-refractivity contribution in [3.05, 3.63) is 42.1 Å². The van der Waals surface area contributed by atoms with E-state index in [0.717, 1.165) is 60.9 Å². The quantitative estimate of drug-likeness (QED) is 0.481. The predicted molar refractivity (Wildman–Crippen MR) is 158 cm³/mol. The number of anilines is 1. The van der Waals surface area contributed by atoms with Gasteiger partial charge >= 0.3 is 0 Å². The highest BCUT2D eigenvalue weighted by molar-refractivity contribution is 7.21. The van der Waals surface area contributed by atoms with E-state index in [1.807, 2.05) is 18.2 Å². The Morgan fingerprint density at radius 1 is 1.19 bits per heavy atom. The van der Waals surface area contributed by atoms with Crippen LogP contribution in [0.25, 0.3) is 10.3 Å². The van der Waals surface area contributed by atoms with E-state index in [1.165, 1.54) is 17.8 Å². The number of rotatable bonds is 3. The van der Waals surface area contributed by atoms with Gasteiger partial charge < -0.3 is 14.6 Å². The fourth-order valence-electron chi connectivity index (χ4n) is 10.1.